The van der Waals surface area contributed by atoms with Gasteiger partial charge in [-0.05, 0) is 43.7 Å². The van der Waals surface area contributed by atoms with Crippen molar-refractivity contribution in [2.24, 2.45) is 5.16 Å². The van der Waals surface area contributed by atoms with Crippen molar-refractivity contribution < 1.29 is 14.3 Å². The number of hydrogen-bond acceptors (Lipinski definition) is 8. The van der Waals surface area contributed by atoms with E-state index in [0.717, 1.165) is 75.0 Å². The first kappa shape index (κ1) is 20.4. The van der Waals surface area contributed by atoms with Crippen LogP contribution in [0.2, 0.25) is 0 Å². The van der Waals surface area contributed by atoms with E-state index in [9.17, 15) is 0 Å². The lowest BCUT2D eigenvalue weighted by Crippen LogP contribution is -2.47. The van der Waals surface area contributed by atoms with E-state index in [1.165, 1.54) is 0 Å². The second kappa shape index (κ2) is 9.75. The fourth-order valence-electron chi connectivity index (χ4n) is 3.94. The molecule has 0 saturated carbocycles. The first-order valence-corrected chi connectivity index (χ1v) is 10.5. The zero-order valence-electron chi connectivity index (χ0n) is 17.7. The van der Waals surface area contributed by atoms with E-state index in [-0.39, 0.29) is 6.10 Å². The molecular formula is C22H29N5O3. The predicted molar refractivity (Wildman–Crippen MR) is 115 cm³/mol. The molecule has 8 nitrogen and oxygen atoms in total. The molecule has 8 heteroatoms. The highest BCUT2D eigenvalue weighted by Crippen LogP contribution is 2.30. The number of hydrogen-bond donors (Lipinski definition) is 0. The first-order valence-electron chi connectivity index (χ1n) is 10.5. The molecule has 0 aliphatic carbocycles. The SMILES string of the molecule is COc1ccc(C2=NOC(CCCN3CCN(c4ncccn4)CC3)C2)cc1OC. The number of rotatable bonds is 8. The van der Waals surface area contributed by atoms with Crippen LogP contribution in [0.25, 0.3) is 0 Å². The summed E-state index contributed by atoms with van der Waals surface area (Å²) in [6, 6.07) is 7.72. The monoisotopic (exact) mass is 411 g/mol. The minimum Gasteiger partial charge on any atom is -0.493 e. The summed E-state index contributed by atoms with van der Waals surface area (Å²) in [7, 11) is 3.28. The van der Waals surface area contributed by atoms with E-state index in [4.69, 9.17) is 14.3 Å². The van der Waals surface area contributed by atoms with Gasteiger partial charge >= 0.3 is 0 Å². The van der Waals surface area contributed by atoms with E-state index in [2.05, 4.69) is 24.9 Å². The summed E-state index contributed by atoms with van der Waals surface area (Å²) in [6.45, 7) is 5.09. The second-order valence-electron chi connectivity index (χ2n) is 7.56. The molecule has 1 fully saturated rings. The number of oxime groups is 1. The zero-order chi connectivity index (χ0) is 20.8. The molecule has 2 aromatic rings. The third-order valence-electron chi connectivity index (χ3n) is 5.66. The number of ether oxygens (including phenoxy) is 2. The van der Waals surface area contributed by atoms with Crippen molar-refractivity contribution >= 4 is 11.7 Å². The normalized spacial score (nSPS) is 19.3. The van der Waals surface area contributed by atoms with Crippen LogP contribution in [0.4, 0.5) is 5.95 Å². The molecular weight excluding hydrogens is 382 g/mol. The molecule has 0 bridgehead atoms. The largest absolute Gasteiger partial charge is 0.493 e. The maximum absolute atomic E-state index is 5.69. The van der Waals surface area contributed by atoms with Gasteiger partial charge in [0.25, 0.3) is 0 Å². The summed E-state index contributed by atoms with van der Waals surface area (Å²) in [6.07, 6.45) is 6.67. The molecule has 1 unspecified atom stereocenters. The number of anilines is 1. The second-order valence-corrected chi connectivity index (χ2v) is 7.56. The quantitative estimate of drug-likeness (QED) is 0.661. The fraction of sp³-hybridized carbons (Fsp3) is 0.500. The van der Waals surface area contributed by atoms with Gasteiger partial charge in [-0.2, -0.15) is 0 Å². The maximum Gasteiger partial charge on any atom is 0.225 e. The minimum absolute atomic E-state index is 0.145. The van der Waals surface area contributed by atoms with Crippen molar-refractivity contribution in [3.8, 4) is 11.5 Å². The Balaban J connectivity index is 1.19. The molecule has 2 aliphatic rings. The van der Waals surface area contributed by atoms with Crippen molar-refractivity contribution in [2.75, 3.05) is 51.8 Å². The van der Waals surface area contributed by atoms with Crippen LogP contribution in [0, 0.1) is 0 Å². The van der Waals surface area contributed by atoms with Gasteiger partial charge in [0.1, 0.15) is 6.10 Å². The van der Waals surface area contributed by atoms with Crippen LogP contribution < -0.4 is 14.4 Å². The Hall–Kier alpha value is -2.87. The molecule has 160 valence electrons. The van der Waals surface area contributed by atoms with Gasteiger partial charge < -0.3 is 19.2 Å². The smallest absolute Gasteiger partial charge is 0.225 e. The zero-order valence-corrected chi connectivity index (χ0v) is 17.7. The van der Waals surface area contributed by atoms with Crippen molar-refractivity contribution in [3.05, 3.63) is 42.2 Å². The van der Waals surface area contributed by atoms with Crippen molar-refractivity contribution in [3.63, 3.8) is 0 Å². The lowest BCUT2D eigenvalue weighted by atomic mass is 10.0. The average Bonchev–Trinajstić information content (AvgIpc) is 3.28. The summed E-state index contributed by atoms with van der Waals surface area (Å²) in [4.78, 5) is 19.1. The predicted octanol–water partition coefficient (Wildman–Crippen LogP) is 2.59. The first-order chi connectivity index (χ1) is 14.8. The van der Waals surface area contributed by atoms with E-state index < -0.39 is 0 Å². The Bertz CT molecular complexity index is 853. The third kappa shape index (κ3) is 4.81. The molecule has 1 aromatic carbocycles. The van der Waals surface area contributed by atoms with Gasteiger partial charge in [0.15, 0.2) is 11.5 Å². The maximum atomic E-state index is 5.69. The lowest BCUT2D eigenvalue weighted by molar-refractivity contribution is 0.0745. The van der Waals surface area contributed by atoms with Gasteiger partial charge in [-0.1, -0.05) is 5.16 Å². The van der Waals surface area contributed by atoms with Crippen molar-refractivity contribution in [2.45, 2.75) is 25.4 Å². The van der Waals surface area contributed by atoms with Crippen LogP contribution in [0.5, 0.6) is 11.5 Å². The van der Waals surface area contributed by atoms with E-state index in [0.29, 0.717) is 5.75 Å². The topological polar surface area (TPSA) is 72.3 Å². The molecule has 0 amide bonds. The van der Waals surface area contributed by atoms with Gasteiger partial charge in [-0.3, -0.25) is 4.90 Å². The van der Waals surface area contributed by atoms with Crippen LogP contribution in [-0.2, 0) is 4.84 Å². The molecule has 0 radical (unpaired) electrons. The highest BCUT2D eigenvalue weighted by molar-refractivity contribution is 6.01. The molecule has 0 spiro atoms. The average molecular weight is 412 g/mol. The van der Waals surface area contributed by atoms with Crippen LogP contribution in [-0.4, -0.2) is 73.6 Å². The molecule has 2 aliphatic heterocycles. The summed E-state index contributed by atoms with van der Waals surface area (Å²) >= 11 is 0. The third-order valence-corrected chi connectivity index (χ3v) is 5.66. The Morgan fingerprint density at radius 3 is 2.53 bits per heavy atom. The summed E-state index contributed by atoms with van der Waals surface area (Å²) in [5, 5.41) is 4.31. The molecule has 1 saturated heterocycles. The van der Waals surface area contributed by atoms with Crippen LogP contribution >= 0.6 is 0 Å². The van der Waals surface area contributed by atoms with Crippen molar-refractivity contribution in [1.82, 2.24) is 14.9 Å². The minimum atomic E-state index is 0.145. The van der Waals surface area contributed by atoms with Gasteiger partial charge in [-0.15, -0.1) is 0 Å². The molecule has 1 aromatic heterocycles. The Morgan fingerprint density at radius 2 is 1.80 bits per heavy atom. The summed E-state index contributed by atoms with van der Waals surface area (Å²) in [5.41, 5.74) is 1.99. The fourth-order valence-corrected chi connectivity index (χ4v) is 3.94. The number of benzene rings is 1. The number of piperazine rings is 1. The highest BCUT2D eigenvalue weighted by Gasteiger charge is 2.24. The van der Waals surface area contributed by atoms with Gasteiger partial charge in [-0.25, -0.2) is 9.97 Å². The van der Waals surface area contributed by atoms with Crippen LogP contribution in [0.15, 0.2) is 41.8 Å². The number of nitrogens with zero attached hydrogens (tertiary/aromatic N) is 5. The van der Waals surface area contributed by atoms with Crippen LogP contribution in [0.1, 0.15) is 24.8 Å². The Morgan fingerprint density at radius 1 is 1.03 bits per heavy atom. The van der Waals surface area contributed by atoms with Gasteiger partial charge in [0.05, 0.1) is 19.9 Å². The van der Waals surface area contributed by atoms with Crippen molar-refractivity contribution in [1.29, 1.82) is 0 Å². The number of methoxy groups -OCH3 is 2. The van der Waals surface area contributed by atoms with Gasteiger partial charge in [0.2, 0.25) is 5.95 Å². The van der Waals surface area contributed by atoms with E-state index in [1.54, 1.807) is 26.6 Å². The summed E-state index contributed by atoms with van der Waals surface area (Å²) < 4.78 is 10.7. The standard InChI is InChI=1S/C22H29N5O3/c1-28-20-7-6-17(15-21(20)29-2)19-16-18(30-25-19)5-3-10-26-11-13-27(14-12-26)22-23-8-4-9-24-22/h4,6-9,15,18H,3,5,10-14,16H2,1-2H3. The van der Waals surface area contributed by atoms with E-state index >= 15 is 0 Å². The Kier molecular flexibility index (Phi) is 6.63. The molecule has 30 heavy (non-hydrogen) atoms. The van der Waals surface area contributed by atoms with Crippen LogP contribution in [0.3, 0.4) is 0 Å². The highest BCUT2D eigenvalue weighted by atomic mass is 16.6. The molecule has 4 rings (SSSR count). The molecule has 0 N–H and O–H groups in total. The molecule has 1 atom stereocenters. The number of aromatic nitrogens is 2. The lowest BCUT2D eigenvalue weighted by Gasteiger charge is -2.34. The van der Waals surface area contributed by atoms with E-state index in [1.807, 2.05) is 24.3 Å². The Labute approximate surface area is 177 Å². The molecule has 3 heterocycles. The van der Waals surface area contributed by atoms with Gasteiger partial charge in [0, 0.05) is 50.6 Å². The summed E-state index contributed by atoms with van der Waals surface area (Å²) in [5.74, 6) is 2.26.